The summed E-state index contributed by atoms with van der Waals surface area (Å²) in [5.74, 6) is 1.61. The lowest BCUT2D eigenvalue weighted by molar-refractivity contribution is 0.323. The van der Waals surface area contributed by atoms with E-state index in [4.69, 9.17) is 4.74 Å². The van der Waals surface area contributed by atoms with Gasteiger partial charge in [0.2, 0.25) is 0 Å². The number of hydrogen-bond donors (Lipinski definition) is 0. The van der Waals surface area contributed by atoms with E-state index in [0.29, 0.717) is 30.2 Å². The number of likely N-dealkylation sites (N-methyl/N-ethyl adjacent to an activating group) is 1. The van der Waals surface area contributed by atoms with Crippen molar-refractivity contribution in [3.8, 4) is 17.1 Å². The van der Waals surface area contributed by atoms with Gasteiger partial charge < -0.3 is 9.64 Å². The molecule has 6 nitrogen and oxygen atoms in total. The molecule has 0 bridgehead atoms. The second-order valence-electron chi connectivity index (χ2n) is 6.50. The van der Waals surface area contributed by atoms with Gasteiger partial charge in [0.25, 0.3) is 0 Å². The molecule has 4 aromatic rings. The van der Waals surface area contributed by atoms with E-state index < -0.39 is 0 Å². The van der Waals surface area contributed by atoms with Crippen LogP contribution in [0.5, 0.6) is 5.75 Å². The van der Waals surface area contributed by atoms with Gasteiger partial charge in [0.1, 0.15) is 24.0 Å². The molecule has 0 aliphatic rings. The molecule has 7 heteroatoms. The lowest BCUT2D eigenvalue weighted by Crippen LogP contribution is -2.25. The summed E-state index contributed by atoms with van der Waals surface area (Å²) in [4.78, 5) is 1.98. The Bertz CT molecular complexity index is 1110. The fraction of sp³-hybridized carbons (Fsp3) is 0.190. The molecule has 0 spiro atoms. The van der Waals surface area contributed by atoms with E-state index in [1.807, 2.05) is 55.3 Å². The zero-order chi connectivity index (χ0) is 19.5. The Morgan fingerprint density at radius 3 is 2.61 bits per heavy atom. The monoisotopic (exact) mass is 377 g/mol. The highest BCUT2D eigenvalue weighted by molar-refractivity contribution is 5.60. The number of aryl methyl sites for hydroxylation is 1. The van der Waals surface area contributed by atoms with Crippen molar-refractivity contribution in [2.24, 2.45) is 0 Å². The van der Waals surface area contributed by atoms with Crippen LogP contribution in [-0.4, -0.2) is 40.0 Å². The molecule has 0 amide bonds. The maximum absolute atomic E-state index is 14.2. The first-order valence-electron chi connectivity index (χ1n) is 9.00. The zero-order valence-electron chi connectivity index (χ0n) is 15.7. The maximum atomic E-state index is 14.2. The summed E-state index contributed by atoms with van der Waals surface area (Å²) in [7, 11) is 1.93. The predicted molar refractivity (Wildman–Crippen MR) is 106 cm³/mol. The number of aromatic nitrogens is 4. The van der Waals surface area contributed by atoms with Crippen LogP contribution < -0.4 is 9.64 Å². The molecule has 2 aromatic carbocycles. The number of ether oxygens (including phenoxy) is 1. The predicted octanol–water partition coefficient (Wildman–Crippen LogP) is 3.75. The molecule has 0 fully saturated rings. The van der Waals surface area contributed by atoms with Gasteiger partial charge in [-0.15, -0.1) is 15.3 Å². The number of fused-ring (bicyclic) bond motifs is 1. The van der Waals surface area contributed by atoms with Crippen LogP contribution >= 0.6 is 0 Å². The van der Waals surface area contributed by atoms with Crippen molar-refractivity contribution < 1.29 is 9.13 Å². The van der Waals surface area contributed by atoms with Gasteiger partial charge in [0, 0.05) is 7.05 Å². The third-order valence-corrected chi connectivity index (χ3v) is 4.53. The summed E-state index contributed by atoms with van der Waals surface area (Å²) < 4.78 is 21.6. The van der Waals surface area contributed by atoms with Gasteiger partial charge in [-0.2, -0.15) is 4.52 Å². The normalized spacial score (nSPS) is 11.0. The Morgan fingerprint density at radius 1 is 1.00 bits per heavy atom. The average Bonchev–Trinajstić information content (AvgIpc) is 3.13. The van der Waals surface area contributed by atoms with Crippen molar-refractivity contribution >= 4 is 11.5 Å². The molecule has 0 unspecified atom stereocenters. The molecule has 0 saturated carbocycles. The average molecular weight is 377 g/mol. The molecular formula is C21H20FN5O. The second-order valence-corrected chi connectivity index (χ2v) is 6.50. The Labute approximate surface area is 162 Å². The third kappa shape index (κ3) is 3.51. The van der Waals surface area contributed by atoms with Crippen LogP contribution in [0.4, 0.5) is 10.2 Å². The smallest absolute Gasteiger partial charge is 0.188 e. The van der Waals surface area contributed by atoms with Gasteiger partial charge in [-0.05, 0) is 42.8 Å². The number of halogens is 1. The number of benzene rings is 2. The minimum absolute atomic E-state index is 0.357. The largest absolute Gasteiger partial charge is 0.491 e. The number of hydrogen-bond acceptors (Lipinski definition) is 5. The quantitative estimate of drug-likeness (QED) is 0.512. The molecule has 2 aromatic heterocycles. The summed E-state index contributed by atoms with van der Waals surface area (Å²) in [6, 6.07) is 18.1. The van der Waals surface area contributed by atoms with Crippen molar-refractivity contribution in [3.05, 3.63) is 72.0 Å². The Hall–Kier alpha value is -3.48. The molecule has 0 radical (unpaired) electrons. The fourth-order valence-electron chi connectivity index (χ4n) is 2.92. The van der Waals surface area contributed by atoms with Gasteiger partial charge in [0.15, 0.2) is 11.5 Å². The lowest BCUT2D eigenvalue weighted by atomic mass is 10.2. The van der Waals surface area contributed by atoms with Crippen molar-refractivity contribution in [3.63, 3.8) is 0 Å². The molecule has 142 valence electrons. The van der Waals surface area contributed by atoms with Crippen LogP contribution in [0.15, 0.2) is 60.7 Å². The molecule has 28 heavy (non-hydrogen) atoms. The van der Waals surface area contributed by atoms with Gasteiger partial charge in [-0.25, -0.2) is 4.39 Å². The minimum Gasteiger partial charge on any atom is -0.491 e. The van der Waals surface area contributed by atoms with Gasteiger partial charge in [-0.3, -0.25) is 0 Å². The summed E-state index contributed by atoms with van der Waals surface area (Å²) >= 11 is 0. The highest BCUT2D eigenvalue weighted by Crippen LogP contribution is 2.22. The van der Waals surface area contributed by atoms with E-state index in [0.717, 1.165) is 17.1 Å². The Kier molecular flexibility index (Phi) is 4.89. The number of rotatable bonds is 6. The number of para-hydroxylation sites is 1. The third-order valence-electron chi connectivity index (χ3n) is 4.53. The summed E-state index contributed by atoms with van der Waals surface area (Å²) in [5.41, 5.74) is 2.03. The van der Waals surface area contributed by atoms with Crippen LogP contribution in [-0.2, 0) is 0 Å². The first-order valence-corrected chi connectivity index (χ1v) is 9.00. The topological polar surface area (TPSA) is 55.5 Å². The van der Waals surface area contributed by atoms with Crippen LogP contribution in [0.1, 0.15) is 5.56 Å². The molecule has 0 saturated heterocycles. The van der Waals surface area contributed by atoms with Crippen molar-refractivity contribution in [1.82, 2.24) is 19.8 Å². The SMILES string of the molecule is Cc1ccccc1OCCN(C)c1ccc2nnc(-c3ccccc3F)n2n1. The highest BCUT2D eigenvalue weighted by atomic mass is 19.1. The van der Waals surface area contributed by atoms with Crippen molar-refractivity contribution in [2.75, 3.05) is 25.1 Å². The van der Waals surface area contributed by atoms with E-state index in [1.54, 1.807) is 22.7 Å². The highest BCUT2D eigenvalue weighted by Gasteiger charge is 2.14. The zero-order valence-corrected chi connectivity index (χ0v) is 15.7. The second kappa shape index (κ2) is 7.64. The van der Waals surface area contributed by atoms with E-state index in [1.165, 1.54) is 6.07 Å². The molecule has 0 aliphatic carbocycles. The minimum atomic E-state index is -0.357. The summed E-state index contributed by atoms with van der Waals surface area (Å²) in [6.07, 6.45) is 0. The number of anilines is 1. The Balaban J connectivity index is 1.53. The maximum Gasteiger partial charge on any atom is 0.188 e. The van der Waals surface area contributed by atoms with Crippen LogP contribution in [0.25, 0.3) is 17.0 Å². The molecule has 0 atom stereocenters. The van der Waals surface area contributed by atoms with Gasteiger partial charge in [0.05, 0.1) is 12.1 Å². The molecular weight excluding hydrogens is 357 g/mol. The molecule has 0 N–H and O–H groups in total. The van der Waals surface area contributed by atoms with Crippen LogP contribution in [0.2, 0.25) is 0 Å². The van der Waals surface area contributed by atoms with E-state index >= 15 is 0 Å². The van der Waals surface area contributed by atoms with E-state index in [9.17, 15) is 4.39 Å². The summed E-state index contributed by atoms with van der Waals surface area (Å²) in [5, 5.41) is 12.8. The molecule has 2 heterocycles. The van der Waals surface area contributed by atoms with Gasteiger partial charge in [-0.1, -0.05) is 30.3 Å². The molecule has 4 rings (SSSR count). The standard InChI is InChI=1S/C21H20FN5O/c1-15-7-3-6-10-18(15)28-14-13-26(2)20-12-11-19-23-24-21(27(19)25-20)16-8-4-5-9-17(16)22/h3-12H,13-14H2,1-2H3. The fourth-order valence-corrected chi connectivity index (χ4v) is 2.92. The van der Waals surface area contributed by atoms with Crippen LogP contribution in [0, 0.1) is 12.7 Å². The Morgan fingerprint density at radius 2 is 1.79 bits per heavy atom. The first kappa shape index (κ1) is 17.9. The molecule has 0 aliphatic heterocycles. The summed E-state index contributed by atoms with van der Waals surface area (Å²) in [6.45, 7) is 3.18. The lowest BCUT2D eigenvalue weighted by Gasteiger charge is -2.18. The first-order chi connectivity index (χ1) is 13.6. The van der Waals surface area contributed by atoms with E-state index in [2.05, 4.69) is 15.3 Å². The van der Waals surface area contributed by atoms with Crippen LogP contribution in [0.3, 0.4) is 0 Å². The number of nitrogens with zero attached hydrogens (tertiary/aromatic N) is 5. The van der Waals surface area contributed by atoms with E-state index in [-0.39, 0.29) is 5.82 Å². The van der Waals surface area contributed by atoms with Crippen molar-refractivity contribution in [1.29, 1.82) is 0 Å². The van der Waals surface area contributed by atoms with Crippen molar-refractivity contribution in [2.45, 2.75) is 6.92 Å². The van der Waals surface area contributed by atoms with Gasteiger partial charge >= 0.3 is 0 Å².